The number of nitrogens with zero attached hydrogens (tertiary/aromatic N) is 2. The van der Waals surface area contributed by atoms with E-state index in [0.29, 0.717) is 13.0 Å². The molecule has 6 nitrogen and oxygen atoms in total. The molecule has 0 spiro atoms. The van der Waals surface area contributed by atoms with Crippen LogP contribution in [-0.4, -0.2) is 25.8 Å². The molecule has 1 amide bonds. The highest BCUT2D eigenvalue weighted by molar-refractivity contribution is 5.81. The number of fused-ring (bicyclic) bond motifs is 1. The third-order valence-corrected chi connectivity index (χ3v) is 2.88. The Kier molecular flexibility index (Phi) is 2.97. The number of hydrogen-bond donors (Lipinski definition) is 3. The Labute approximate surface area is 109 Å². The number of imidazole rings is 2. The zero-order valence-electron chi connectivity index (χ0n) is 10.2. The van der Waals surface area contributed by atoms with Crippen LogP contribution in [-0.2, 0) is 17.8 Å². The molecule has 0 saturated heterocycles. The molecule has 96 valence electrons. The first-order valence-electron chi connectivity index (χ1n) is 5.97. The van der Waals surface area contributed by atoms with Crippen molar-refractivity contribution < 1.29 is 4.79 Å². The van der Waals surface area contributed by atoms with Gasteiger partial charge in [-0.1, -0.05) is 6.07 Å². The number of nitrogens with one attached hydrogen (secondary N) is 3. The molecule has 0 aliphatic rings. The lowest BCUT2D eigenvalue weighted by atomic mass is 10.1. The molecular formula is C13H13N5O. The Bertz CT molecular complexity index is 686. The summed E-state index contributed by atoms with van der Waals surface area (Å²) in [6, 6.07) is 5.76. The molecule has 0 radical (unpaired) electrons. The number of amides is 1. The summed E-state index contributed by atoms with van der Waals surface area (Å²) in [6.45, 7) is 0.463. The van der Waals surface area contributed by atoms with Gasteiger partial charge in [0.25, 0.3) is 0 Å². The molecule has 3 aromatic rings. The third-order valence-electron chi connectivity index (χ3n) is 2.88. The summed E-state index contributed by atoms with van der Waals surface area (Å²) in [4.78, 5) is 25.8. The molecule has 2 heterocycles. The lowest BCUT2D eigenvalue weighted by molar-refractivity contribution is -0.120. The summed E-state index contributed by atoms with van der Waals surface area (Å²) in [5, 5.41) is 2.84. The SMILES string of the molecule is O=C(Cc1ccc2nc[nH]c2c1)NCc1cnc[nH]1. The highest BCUT2D eigenvalue weighted by atomic mass is 16.1. The second-order valence-electron chi connectivity index (χ2n) is 4.28. The van der Waals surface area contributed by atoms with Crippen LogP contribution in [0, 0.1) is 0 Å². The van der Waals surface area contributed by atoms with E-state index in [2.05, 4.69) is 25.3 Å². The van der Waals surface area contributed by atoms with Gasteiger partial charge in [-0.3, -0.25) is 4.79 Å². The molecule has 19 heavy (non-hydrogen) atoms. The van der Waals surface area contributed by atoms with E-state index < -0.39 is 0 Å². The van der Waals surface area contributed by atoms with E-state index in [-0.39, 0.29) is 5.91 Å². The quantitative estimate of drug-likeness (QED) is 0.653. The number of rotatable bonds is 4. The maximum Gasteiger partial charge on any atom is 0.224 e. The second kappa shape index (κ2) is 4.93. The number of benzene rings is 1. The van der Waals surface area contributed by atoms with E-state index in [1.165, 1.54) is 0 Å². The van der Waals surface area contributed by atoms with Gasteiger partial charge in [-0.15, -0.1) is 0 Å². The van der Waals surface area contributed by atoms with Crippen molar-refractivity contribution in [3.63, 3.8) is 0 Å². The van der Waals surface area contributed by atoms with Crippen LogP contribution in [0.1, 0.15) is 11.3 Å². The van der Waals surface area contributed by atoms with E-state index in [9.17, 15) is 4.79 Å². The molecular weight excluding hydrogens is 242 g/mol. The maximum absolute atomic E-state index is 11.8. The normalized spacial score (nSPS) is 10.7. The molecule has 6 heteroatoms. The third kappa shape index (κ3) is 2.62. The molecule has 0 atom stereocenters. The zero-order valence-corrected chi connectivity index (χ0v) is 10.2. The van der Waals surface area contributed by atoms with Gasteiger partial charge < -0.3 is 15.3 Å². The molecule has 0 fully saturated rings. The Morgan fingerprint density at radius 3 is 3.05 bits per heavy atom. The largest absolute Gasteiger partial charge is 0.350 e. The number of aromatic amines is 2. The monoisotopic (exact) mass is 255 g/mol. The molecule has 1 aromatic carbocycles. The van der Waals surface area contributed by atoms with Crippen LogP contribution in [0.5, 0.6) is 0 Å². The maximum atomic E-state index is 11.8. The fourth-order valence-corrected chi connectivity index (χ4v) is 1.92. The van der Waals surface area contributed by atoms with Crippen LogP contribution in [0.4, 0.5) is 0 Å². The number of carbonyl (C=O) groups is 1. The van der Waals surface area contributed by atoms with Crippen molar-refractivity contribution in [2.75, 3.05) is 0 Å². The van der Waals surface area contributed by atoms with Crippen molar-refractivity contribution in [3.8, 4) is 0 Å². The summed E-state index contributed by atoms with van der Waals surface area (Å²) < 4.78 is 0. The van der Waals surface area contributed by atoms with E-state index in [1.807, 2.05) is 18.2 Å². The Morgan fingerprint density at radius 2 is 2.21 bits per heavy atom. The lowest BCUT2D eigenvalue weighted by Gasteiger charge is -2.04. The van der Waals surface area contributed by atoms with Crippen molar-refractivity contribution in [3.05, 3.63) is 48.3 Å². The minimum Gasteiger partial charge on any atom is -0.350 e. The molecule has 0 aliphatic carbocycles. The summed E-state index contributed by atoms with van der Waals surface area (Å²) in [5.41, 5.74) is 3.69. The average Bonchev–Trinajstić information content (AvgIpc) is 3.07. The van der Waals surface area contributed by atoms with Gasteiger partial charge in [0, 0.05) is 6.20 Å². The van der Waals surface area contributed by atoms with Crippen LogP contribution >= 0.6 is 0 Å². The highest BCUT2D eigenvalue weighted by Gasteiger charge is 2.05. The molecule has 0 bridgehead atoms. The molecule has 3 rings (SSSR count). The first kappa shape index (κ1) is 11.5. The number of H-pyrrole nitrogens is 2. The number of carbonyl (C=O) groups excluding carboxylic acids is 1. The van der Waals surface area contributed by atoms with Crippen molar-refractivity contribution in [1.29, 1.82) is 0 Å². The van der Waals surface area contributed by atoms with Gasteiger partial charge in [-0.25, -0.2) is 9.97 Å². The Hall–Kier alpha value is -2.63. The van der Waals surface area contributed by atoms with Crippen molar-refractivity contribution in [1.82, 2.24) is 25.3 Å². The summed E-state index contributed by atoms with van der Waals surface area (Å²) >= 11 is 0. The summed E-state index contributed by atoms with van der Waals surface area (Å²) in [7, 11) is 0. The lowest BCUT2D eigenvalue weighted by Crippen LogP contribution is -2.24. The minimum atomic E-state index is -0.0199. The first-order valence-corrected chi connectivity index (χ1v) is 5.97. The zero-order chi connectivity index (χ0) is 13.1. The summed E-state index contributed by atoms with van der Waals surface area (Å²) in [6.07, 6.45) is 5.28. The van der Waals surface area contributed by atoms with E-state index in [1.54, 1.807) is 18.9 Å². The van der Waals surface area contributed by atoms with Crippen molar-refractivity contribution in [2.45, 2.75) is 13.0 Å². The number of aromatic nitrogens is 4. The topological polar surface area (TPSA) is 86.5 Å². The highest BCUT2D eigenvalue weighted by Crippen LogP contribution is 2.11. The predicted octanol–water partition coefficient (Wildman–Crippen LogP) is 1.14. The van der Waals surface area contributed by atoms with Crippen LogP contribution in [0.25, 0.3) is 11.0 Å². The van der Waals surface area contributed by atoms with Gasteiger partial charge in [0.05, 0.1) is 42.3 Å². The van der Waals surface area contributed by atoms with Crippen LogP contribution in [0.3, 0.4) is 0 Å². The first-order chi connectivity index (χ1) is 9.31. The predicted molar refractivity (Wildman–Crippen MR) is 70.2 cm³/mol. The fraction of sp³-hybridized carbons (Fsp3) is 0.154. The molecule has 0 aliphatic heterocycles. The Morgan fingerprint density at radius 1 is 1.26 bits per heavy atom. The minimum absolute atomic E-state index is 0.0199. The van der Waals surface area contributed by atoms with Gasteiger partial charge in [0.1, 0.15) is 0 Å². The second-order valence-corrected chi connectivity index (χ2v) is 4.28. The molecule has 2 aromatic heterocycles. The van der Waals surface area contributed by atoms with E-state index >= 15 is 0 Å². The Balaban J connectivity index is 1.62. The van der Waals surface area contributed by atoms with Gasteiger partial charge in [0.15, 0.2) is 0 Å². The van der Waals surface area contributed by atoms with Gasteiger partial charge in [-0.05, 0) is 17.7 Å². The fourth-order valence-electron chi connectivity index (χ4n) is 1.92. The molecule has 0 saturated carbocycles. The van der Waals surface area contributed by atoms with Crippen molar-refractivity contribution >= 4 is 16.9 Å². The van der Waals surface area contributed by atoms with E-state index in [4.69, 9.17) is 0 Å². The van der Waals surface area contributed by atoms with E-state index in [0.717, 1.165) is 22.3 Å². The smallest absolute Gasteiger partial charge is 0.224 e. The average molecular weight is 255 g/mol. The summed E-state index contributed by atoms with van der Waals surface area (Å²) in [5.74, 6) is -0.0199. The van der Waals surface area contributed by atoms with Crippen molar-refractivity contribution in [2.24, 2.45) is 0 Å². The standard InChI is InChI=1S/C13H13N5O/c19-13(15-6-10-5-14-7-16-10)4-9-1-2-11-12(3-9)18-8-17-11/h1-3,5,7-8H,4,6H2,(H,14,16)(H,15,19)(H,17,18). The van der Waals surface area contributed by atoms with Crippen LogP contribution in [0.2, 0.25) is 0 Å². The van der Waals surface area contributed by atoms with Gasteiger partial charge in [-0.2, -0.15) is 0 Å². The van der Waals surface area contributed by atoms with Crippen LogP contribution in [0.15, 0.2) is 37.1 Å². The molecule has 3 N–H and O–H groups in total. The van der Waals surface area contributed by atoms with Gasteiger partial charge in [0.2, 0.25) is 5.91 Å². The molecule has 0 unspecified atom stereocenters. The number of hydrogen-bond acceptors (Lipinski definition) is 3. The van der Waals surface area contributed by atoms with Crippen LogP contribution < -0.4 is 5.32 Å². The van der Waals surface area contributed by atoms with Gasteiger partial charge >= 0.3 is 0 Å².